The molecule has 1 rings (SSSR count). The fraction of sp³-hybridized carbons (Fsp3) is 0.615. The maximum absolute atomic E-state index is 12.2. The molecule has 1 aromatic heterocycles. The Morgan fingerprint density at radius 3 is 2.42 bits per heavy atom. The number of aromatic nitrogens is 1. The van der Waals surface area contributed by atoms with Gasteiger partial charge in [0, 0.05) is 18.3 Å². The van der Waals surface area contributed by atoms with Gasteiger partial charge in [-0.3, -0.25) is 0 Å². The fourth-order valence-corrected chi connectivity index (χ4v) is 2.82. The summed E-state index contributed by atoms with van der Waals surface area (Å²) in [5, 5.41) is 3.11. The zero-order valence-corrected chi connectivity index (χ0v) is 12.8. The van der Waals surface area contributed by atoms with Crippen molar-refractivity contribution in [2.75, 3.05) is 11.9 Å². The summed E-state index contributed by atoms with van der Waals surface area (Å²) in [7, 11) is -3.51. The first-order valence-corrected chi connectivity index (χ1v) is 8.03. The van der Waals surface area contributed by atoms with Gasteiger partial charge in [-0.1, -0.05) is 13.8 Å². The number of sulfonamides is 1. The normalized spacial score (nSPS) is 12.4. The fourth-order valence-electron chi connectivity index (χ4n) is 1.39. The van der Waals surface area contributed by atoms with Crippen LogP contribution in [0.15, 0.2) is 23.2 Å². The van der Waals surface area contributed by atoms with Gasteiger partial charge in [-0.05, 0) is 38.8 Å². The van der Waals surface area contributed by atoms with E-state index in [4.69, 9.17) is 0 Å². The van der Waals surface area contributed by atoms with Crippen molar-refractivity contribution in [2.24, 2.45) is 0 Å². The van der Waals surface area contributed by atoms with Crippen molar-refractivity contribution in [1.82, 2.24) is 9.71 Å². The Kier molecular flexibility index (Phi) is 5.31. The predicted molar refractivity (Wildman–Crippen MR) is 77.7 cm³/mol. The van der Waals surface area contributed by atoms with Gasteiger partial charge in [-0.15, -0.1) is 0 Å². The summed E-state index contributed by atoms with van der Waals surface area (Å²) in [6.07, 6.45) is 3.09. The standard InChI is InChI=1S/C13H23N3O2S/c1-5-9-14-12-8-7-11(10-15-12)19(17,18)16-13(3,4)6-2/h7-8,10,16H,5-6,9H2,1-4H3,(H,14,15). The van der Waals surface area contributed by atoms with E-state index in [-0.39, 0.29) is 4.90 Å². The van der Waals surface area contributed by atoms with Crippen molar-refractivity contribution in [3.8, 4) is 0 Å². The van der Waals surface area contributed by atoms with Crippen LogP contribution in [-0.4, -0.2) is 25.5 Å². The van der Waals surface area contributed by atoms with Crippen LogP contribution < -0.4 is 10.0 Å². The number of anilines is 1. The van der Waals surface area contributed by atoms with E-state index in [9.17, 15) is 8.42 Å². The van der Waals surface area contributed by atoms with Crippen LogP contribution in [0, 0.1) is 0 Å². The number of rotatable bonds is 7. The monoisotopic (exact) mass is 285 g/mol. The van der Waals surface area contributed by atoms with Crippen LogP contribution >= 0.6 is 0 Å². The zero-order valence-electron chi connectivity index (χ0n) is 12.0. The van der Waals surface area contributed by atoms with Crippen LogP contribution in [0.5, 0.6) is 0 Å². The highest BCUT2D eigenvalue weighted by atomic mass is 32.2. The van der Waals surface area contributed by atoms with E-state index in [1.54, 1.807) is 12.1 Å². The molecule has 0 fully saturated rings. The summed E-state index contributed by atoms with van der Waals surface area (Å²) in [5.41, 5.74) is -0.460. The average Bonchev–Trinajstić information content (AvgIpc) is 2.35. The molecule has 2 N–H and O–H groups in total. The maximum atomic E-state index is 12.2. The molecule has 0 aliphatic rings. The Hall–Kier alpha value is -1.14. The number of hydrogen-bond acceptors (Lipinski definition) is 4. The van der Waals surface area contributed by atoms with Gasteiger partial charge in [0.25, 0.3) is 0 Å². The van der Waals surface area contributed by atoms with E-state index in [1.165, 1.54) is 6.20 Å². The highest BCUT2D eigenvalue weighted by Crippen LogP contribution is 2.15. The van der Waals surface area contributed by atoms with E-state index < -0.39 is 15.6 Å². The lowest BCUT2D eigenvalue weighted by Gasteiger charge is -2.24. The third-order valence-corrected chi connectivity index (χ3v) is 4.58. The molecule has 0 aliphatic heterocycles. The smallest absolute Gasteiger partial charge is 0.242 e. The first-order valence-electron chi connectivity index (χ1n) is 6.54. The molecule has 0 saturated heterocycles. The number of nitrogens with one attached hydrogen (secondary N) is 2. The zero-order chi connectivity index (χ0) is 14.5. The van der Waals surface area contributed by atoms with E-state index in [2.05, 4.69) is 21.9 Å². The van der Waals surface area contributed by atoms with Gasteiger partial charge in [0.05, 0.1) is 0 Å². The van der Waals surface area contributed by atoms with E-state index in [1.807, 2.05) is 20.8 Å². The molecule has 1 aromatic rings. The largest absolute Gasteiger partial charge is 0.370 e. The summed E-state index contributed by atoms with van der Waals surface area (Å²) < 4.78 is 27.0. The highest BCUT2D eigenvalue weighted by molar-refractivity contribution is 7.89. The first-order chi connectivity index (χ1) is 8.80. The van der Waals surface area contributed by atoms with Gasteiger partial charge in [0.15, 0.2) is 0 Å². The van der Waals surface area contributed by atoms with Crippen molar-refractivity contribution in [3.63, 3.8) is 0 Å². The Morgan fingerprint density at radius 1 is 1.26 bits per heavy atom. The second-order valence-electron chi connectivity index (χ2n) is 5.15. The lowest BCUT2D eigenvalue weighted by atomic mass is 10.0. The minimum absolute atomic E-state index is 0.191. The topological polar surface area (TPSA) is 71.1 Å². The third-order valence-electron chi connectivity index (χ3n) is 2.90. The lowest BCUT2D eigenvalue weighted by Crippen LogP contribution is -2.42. The average molecular weight is 285 g/mol. The second-order valence-corrected chi connectivity index (χ2v) is 6.83. The van der Waals surface area contributed by atoms with Crippen molar-refractivity contribution < 1.29 is 8.42 Å². The Balaban J connectivity index is 2.85. The molecule has 0 saturated carbocycles. The molecule has 6 heteroatoms. The number of nitrogens with zero attached hydrogens (tertiary/aromatic N) is 1. The molecule has 0 unspecified atom stereocenters. The molecule has 19 heavy (non-hydrogen) atoms. The van der Waals surface area contributed by atoms with Crippen LogP contribution in [0.3, 0.4) is 0 Å². The van der Waals surface area contributed by atoms with Gasteiger partial charge in [0.2, 0.25) is 10.0 Å². The first kappa shape index (κ1) is 15.9. The van der Waals surface area contributed by atoms with Gasteiger partial charge in [-0.2, -0.15) is 0 Å². The third kappa shape index (κ3) is 4.80. The summed E-state index contributed by atoms with van der Waals surface area (Å²) in [6.45, 7) is 8.53. The Labute approximate surface area is 115 Å². The summed E-state index contributed by atoms with van der Waals surface area (Å²) in [5.74, 6) is 0.690. The Morgan fingerprint density at radius 2 is 1.95 bits per heavy atom. The summed E-state index contributed by atoms with van der Waals surface area (Å²) in [6, 6.07) is 3.25. The molecule has 0 atom stereocenters. The van der Waals surface area contributed by atoms with E-state index in [0.717, 1.165) is 19.4 Å². The number of pyridine rings is 1. The van der Waals surface area contributed by atoms with Gasteiger partial charge >= 0.3 is 0 Å². The van der Waals surface area contributed by atoms with Gasteiger partial charge in [0.1, 0.15) is 10.7 Å². The van der Waals surface area contributed by atoms with E-state index in [0.29, 0.717) is 5.82 Å². The van der Waals surface area contributed by atoms with Crippen molar-refractivity contribution in [3.05, 3.63) is 18.3 Å². The molecular weight excluding hydrogens is 262 g/mol. The number of hydrogen-bond donors (Lipinski definition) is 2. The molecule has 0 spiro atoms. The van der Waals surface area contributed by atoms with Crippen LogP contribution in [0.4, 0.5) is 5.82 Å². The Bertz CT molecular complexity index is 495. The molecule has 0 aliphatic carbocycles. The van der Waals surface area contributed by atoms with Gasteiger partial charge < -0.3 is 5.32 Å². The van der Waals surface area contributed by atoms with E-state index >= 15 is 0 Å². The van der Waals surface area contributed by atoms with Crippen LogP contribution in [0.1, 0.15) is 40.5 Å². The molecule has 108 valence electrons. The quantitative estimate of drug-likeness (QED) is 0.807. The second kappa shape index (κ2) is 6.34. The van der Waals surface area contributed by atoms with Gasteiger partial charge in [-0.25, -0.2) is 18.1 Å². The highest BCUT2D eigenvalue weighted by Gasteiger charge is 2.24. The maximum Gasteiger partial charge on any atom is 0.242 e. The summed E-state index contributed by atoms with van der Waals surface area (Å²) in [4.78, 5) is 4.30. The molecule has 0 amide bonds. The molecule has 0 bridgehead atoms. The molecule has 5 nitrogen and oxygen atoms in total. The summed E-state index contributed by atoms with van der Waals surface area (Å²) >= 11 is 0. The van der Waals surface area contributed by atoms with Crippen molar-refractivity contribution >= 4 is 15.8 Å². The van der Waals surface area contributed by atoms with Crippen molar-refractivity contribution in [2.45, 2.75) is 51.0 Å². The minimum atomic E-state index is -3.51. The van der Waals surface area contributed by atoms with Crippen LogP contribution in [0.2, 0.25) is 0 Å². The van der Waals surface area contributed by atoms with Crippen LogP contribution in [0.25, 0.3) is 0 Å². The molecule has 1 heterocycles. The van der Waals surface area contributed by atoms with Crippen LogP contribution in [-0.2, 0) is 10.0 Å². The van der Waals surface area contributed by atoms with Crippen molar-refractivity contribution in [1.29, 1.82) is 0 Å². The SMILES string of the molecule is CCCNc1ccc(S(=O)(=O)NC(C)(C)CC)cn1. The molecule has 0 aromatic carbocycles. The molecular formula is C13H23N3O2S. The minimum Gasteiger partial charge on any atom is -0.370 e. The molecule has 0 radical (unpaired) electrons. The predicted octanol–water partition coefficient (Wildman–Crippen LogP) is 2.37. The lowest BCUT2D eigenvalue weighted by molar-refractivity contribution is 0.439.